The van der Waals surface area contributed by atoms with Crippen molar-refractivity contribution in [3.05, 3.63) is 59.7 Å². The zero-order chi connectivity index (χ0) is 18.7. The Morgan fingerprint density at radius 1 is 1.07 bits per heavy atom. The molecule has 0 radical (unpaired) electrons. The maximum Gasteiger partial charge on any atom is 0.222 e. The van der Waals surface area contributed by atoms with Crippen molar-refractivity contribution >= 4 is 5.91 Å². The van der Waals surface area contributed by atoms with E-state index in [0.29, 0.717) is 13.0 Å². The molecule has 0 aromatic carbocycles. The molecule has 2 fully saturated rings. The number of carbonyl (C=O) groups excluding carboxylic acids is 1. The molecule has 0 N–H and O–H groups in total. The minimum absolute atomic E-state index is 0.279. The molecular weight excluding hydrogens is 336 g/mol. The van der Waals surface area contributed by atoms with Crippen LogP contribution >= 0.6 is 0 Å². The van der Waals surface area contributed by atoms with Crippen LogP contribution in [0.15, 0.2) is 42.9 Å². The molecule has 1 amide bonds. The van der Waals surface area contributed by atoms with E-state index in [1.807, 2.05) is 35.5 Å². The lowest BCUT2D eigenvalue weighted by Gasteiger charge is -2.47. The van der Waals surface area contributed by atoms with Crippen LogP contribution in [0.25, 0.3) is 0 Å². The maximum absolute atomic E-state index is 12.4. The first-order valence-electron chi connectivity index (χ1n) is 9.93. The Kier molecular flexibility index (Phi) is 5.21. The van der Waals surface area contributed by atoms with Crippen LogP contribution in [0.3, 0.4) is 0 Å². The summed E-state index contributed by atoms with van der Waals surface area (Å²) in [5.41, 5.74) is 3.90. The second-order valence-electron chi connectivity index (χ2n) is 8.15. The molecular formula is C22H28N4O. The Morgan fingerprint density at radius 3 is 2.67 bits per heavy atom. The predicted molar refractivity (Wildman–Crippen MR) is 105 cm³/mol. The van der Waals surface area contributed by atoms with E-state index in [1.54, 1.807) is 6.20 Å². The standard InChI is InChI=1S/C22H28N4O/c1-18-14-23-11-6-19(18)15-25-12-8-22(9-13-25)7-5-21(27)26(17-22)16-20-4-2-3-10-24-20/h2-4,6,10-11,14H,5,7-9,12-13,15-17H2,1H3. The highest BCUT2D eigenvalue weighted by molar-refractivity contribution is 5.77. The molecule has 2 aromatic heterocycles. The van der Waals surface area contributed by atoms with Gasteiger partial charge in [0.05, 0.1) is 12.2 Å². The Morgan fingerprint density at radius 2 is 1.93 bits per heavy atom. The average Bonchev–Trinajstić information content (AvgIpc) is 2.69. The minimum Gasteiger partial charge on any atom is -0.336 e. The lowest BCUT2D eigenvalue weighted by Crippen LogP contribution is -2.51. The SMILES string of the molecule is Cc1cnccc1CN1CCC2(CCC(=O)N(Cc3ccccn3)C2)CC1. The molecule has 0 saturated carbocycles. The second-order valence-corrected chi connectivity index (χ2v) is 8.15. The van der Waals surface area contributed by atoms with E-state index < -0.39 is 0 Å². The van der Waals surface area contributed by atoms with Crippen LogP contribution in [-0.4, -0.2) is 45.3 Å². The molecule has 5 nitrogen and oxygen atoms in total. The van der Waals surface area contributed by atoms with Crippen molar-refractivity contribution in [2.24, 2.45) is 5.41 Å². The van der Waals surface area contributed by atoms with E-state index in [4.69, 9.17) is 0 Å². The van der Waals surface area contributed by atoms with Gasteiger partial charge in [-0.25, -0.2) is 0 Å². The minimum atomic E-state index is 0.279. The number of piperidine rings is 2. The Bertz CT molecular complexity index is 784. The first kappa shape index (κ1) is 18.1. The first-order valence-corrected chi connectivity index (χ1v) is 9.93. The van der Waals surface area contributed by atoms with Gasteiger partial charge in [-0.05, 0) is 74.0 Å². The Labute approximate surface area is 161 Å². The van der Waals surface area contributed by atoms with E-state index in [0.717, 1.165) is 38.3 Å². The summed E-state index contributed by atoms with van der Waals surface area (Å²) in [6.45, 7) is 6.86. The highest BCUT2D eigenvalue weighted by atomic mass is 16.2. The van der Waals surface area contributed by atoms with Crippen LogP contribution in [0.4, 0.5) is 0 Å². The monoisotopic (exact) mass is 364 g/mol. The summed E-state index contributed by atoms with van der Waals surface area (Å²) in [4.78, 5) is 25.6. The van der Waals surface area contributed by atoms with Crippen molar-refractivity contribution in [2.75, 3.05) is 19.6 Å². The normalized spacial score (nSPS) is 20.2. The summed E-state index contributed by atoms with van der Waals surface area (Å²) in [6, 6.07) is 8.05. The fraction of sp³-hybridized carbons (Fsp3) is 0.500. The topological polar surface area (TPSA) is 49.3 Å². The van der Waals surface area contributed by atoms with Crippen LogP contribution in [0, 0.1) is 12.3 Å². The van der Waals surface area contributed by atoms with Gasteiger partial charge in [-0.15, -0.1) is 0 Å². The zero-order valence-corrected chi connectivity index (χ0v) is 16.1. The van der Waals surface area contributed by atoms with Gasteiger partial charge in [0, 0.05) is 38.1 Å². The molecule has 5 heteroatoms. The fourth-order valence-electron chi connectivity index (χ4n) is 4.45. The van der Waals surface area contributed by atoms with Gasteiger partial charge in [-0.2, -0.15) is 0 Å². The molecule has 0 unspecified atom stereocenters. The van der Waals surface area contributed by atoms with Gasteiger partial charge in [0.1, 0.15) is 0 Å². The third kappa shape index (κ3) is 4.19. The summed E-state index contributed by atoms with van der Waals surface area (Å²) >= 11 is 0. The van der Waals surface area contributed by atoms with Crippen molar-refractivity contribution in [1.29, 1.82) is 0 Å². The van der Waals surface area contributed by atoms with Gasteiger partial charge >= 0.3 is 0 Å². The predicted octanol–water partition coefficient (Wildman–Crippen LogP) is 3.19. The third-order valence-electron chi connectivity index (χ3n) is 6.27. The summed E-state index contributed by atoms with van der Waals surface area (Å²) in [7, 11) is 0. The lowest BCUT2D eigenvalue weighted by atomic mass is 9.72. The summed E-state index contributed by atoms with van der Waals surface area (Å²) < 4.78 is 0. The number of nitrogens with zero attached hydrogens (tertiary/aromatic N) is 4. The molecule has 27 heavy (non-hydrogen) atoms. The number of pyridine rings is 2. The van der Waals surface area contributed by atoms with Crippen LogP contribution in [0.2, 0.25) is 0 Å². The van der Waals surface area contributed by atoms with Gasteiger partial charge in [0.2, 0.25) is 5.91 Å². The van der Waals surface area contributed by atoms with Crippen LogP contribution in [0.1, 0.15) is 42.5 Å². The molecule has 1 spiro atoms. The summed E-state index contributed by atoms with van der Waals surface area (Å²) in [5.74, 6) is 0.279. The molecule has 2 saturated heterocycles. The molecule has 0 aliphatic carbocycles. The number of hydrogen-bond acceptors (Lipinski definition) is 4. The van der Waals surface area contributed by atoms with Crippen molar-refractivity contribution in [2.45, 2.75) is 45.7 Å². The number of aromatic nitrogens is 2. The number of carbonyl (C=O) groups is 1. The highest BCUT2D eigenvalue weighted by Crippen LogP contribution is 2.40. The molecule has 0 atom stereocenters. The molecule has 2 aliphatic rings. The van der Waals surface area contributed by atoms with Gasteiger partial charge in [-0.1, -0.05) is 6.07 Å². The fourth-order valence-corrected chi connectivity index (χ4v) is 4.45. The van der Waals surface area contributed by atoms with E-state index in [1.165, 1.54) is 24.0 Å². The number of amides is 1. The van der Waals surface area contributed by atoms with Crippen molar-refractivity contribution in [3.8, 4) is 0 Å². The van der Waals surface area contributed by atoms with E-state index in [2.05, 4.69) is 27.9 Å². The van der Waals surface area contributed by atoms with E-state index in [9.17, 15) is 4.79 Å². The molecule has 4 rings (SSSR count). The maximum atomic E-state index is 12.4. The van der Waals surface area contributed by atoms with Crippen LogP contribution in [0.5, 0.6) is 0 Å². The molecule has 142 valence electrons. The van der Waals surface area contributed by atoms with E-state index in [-0.39, 0.29) is 11.3 Å². The summed E-state index contributed by atoms with van der Waals surface area (Å²) in [5, 5.41) is 0. The van der Waals surface area contributed by atoms with Gasteiger partial charge < -0.3 is 4.90 Å². The highest BCUT2D eigenvalue weighted by Gasteiger charge is 2.40. The number of likely N-dealkylation sites (tertiary alicyclic amines) is 2. The molecule has 0 bridgehead atoms. The van der Waals surface area contributed by atoms with Crippen molar-refractivity contribution < 1.29 is 4.79 Å². The third-order valence-corrected chi connectivity index (χ3v) is 6.27. The van der Waals surface area contributed by atoms with Crippen molar-refractivity contribution in [3.63, 3.8) is 0 Å². The zero-order valence-electron chi connectivity index (χ0n) is 16.1. The Hall–Kier alpha value is -2.27. The molecule has 4 heterocycles. The van der Waals surface area contributed by atoms with Crippen molar-refractivity contribution in [1.82, 2.24) is 19.8 Å². The number of aryl methyl sites for hydroxylation is 1. The second kappa shape index (κ2) is 7.77. The first-order chi connectivity index (χ1) is 13.1. The Balaban J connectivity index is 1.37. The smallest absolute Gasteiger partial charge is 0.222 e. The largest absolute Gasteiger partial charge is 0.336 e. The number of hydrogen-bond donors (Lipinski definition) is 0. The lowest BCUT2D eigenvalue weighted by molar-refractivity contribution is -0.140. The van der Waals surface area contributed by atoms with Gasteiger partial charge in [0.15, 0.2) is 0 Å². The number of rotatable bonds is 4. The average molecular weight is 364 g/mol. The van der Waals surface area contributed by atoms with E-state index >= 15 is 0 Å². The molecule has 2 aliphatic heterocycles. The quantitative estimate of drug-likeness (QED) is 0.836. The molecule has 2 aromatic rings. The van der Waals surface area contributed by atoms with Crippen LogP contribution in [-0.2, 0) is 17.9 Å². The van der Waals surface area contributed by atoms with Gasteiger partial charge in [-0.3, -0.25) is 19.7 Å². The van der Waals surface area contributed by atoms with Crippen LogP contribution < -0.4 is 0 Å². The summed E-state index contributed by atoms with van der Waals surface area (Å²) in [6.07, 6.45) is 9.69. The van der Waals surface area contributed by atoms with Gasteiger partial charge in [0.25, 0.3) is 0 Å².